The van der Waals surface area contributed by atoms with Crippen molar-refractivity contribution < 1.29 is 24.5 Å². The SMILES string of the molecule is NC(C(=O)O)C(O)c1cc(Cl)c2c(c1)OCCCO2. The van der Waals surface area contributed by atoms with Crippen molar-refractivity contribution in [3.63, 3.8) is 0 Å². The van der Waals surface area contributed by atoms with Crippen LogP contribution < -0.4 is 15.2 Å². The molecule has 0 saturated carbocycles. The minimum absolute atomic E-state index is 0.256. The molecule has 19 heavy (non-hydrogen) atoms. The predicted molar refractivity (Wildman–Crippen MR) is 67.6 cm³/mol. The van der Waals surface area contributed by atoms with Gasteiger partial charge in [-0.2, -0.15) is 0 Å². The number of ether oxygens (including phenoxy) is 2. The number of aliphatic carboxylic acids is 1. The van der Waals surface area contributed by atoms with Crippen LogP contribution in [-0.4, -0.2) is 35.4 Å². The van der Waals surface area contributed by atoms with Crippen molar-refractivity contribution in [3.8, 4) is 11.5 Å². The summed E-state index contributed by atoms with van der Waals surface area (Å²) in [4.78, 5) is 10.8. The smallest absolute Gasteiger partial charge is 0.323 e. The van der Waals surface area contributed by atoms with Crippen LogP contribution in [0.2, 0.25) is 5.02 Å². The van der Waals surface area contributed by atoms with Gasteiger partial charge in [0.15, 0.2) is 11.5 Å². The molecule has 2 unspecified atom stereocenters. The van der Waals surface area contributed by atoms with Gasteiger partial charge in [0.05, 0.1) is 18.2 Å². The van der Waals surface area contributed by atoms with Crippen molar-refractivity contribution in [2.24, 2.45) is 5.73 Å². The number of carboxylic acid groups (broad SMARTS) is 1. The summed E-state index contributed by atoms with van der Waals surface area (Å²) in [5.74, 6) is -0.508. The van der Waals surface area contributed by atoms with Crippen LogP contribution in [-0.2, 0) is 4.79 Å². The Hall–Kier alpha value is -1.50. The van der Waals surface area contributed by atoms with Gasteiger partial charge in [-0.15, -0.1) is 0 Å². The normalized spacial score (nSPS) is 17.4. The van der Waals surface area contributed by atoms with Crippen LogP contribution in [0.4, 0.5) is 0 Å². The molecule has 0 saturated heterocycles. The number of carboxylic acids is 1. The highest BCUT2D eigenvalue weighted by atomic mass is 35.5. The van der Waals surface area contributed by atoms with E-state index in [1.54, 1.807) is 0 Å². The number of aliphatic hydroxyl groups excluding tert-OH is 1. The summed E-state index contributed by atoms with van der Waals surface area (Å²) >= 11 is 6.04. The third-order valence-electron chi connectivity index (χ3n) is 2.79. The number of aliphatic hydroxyl groups is 1. The van der Waals surface area contributed by atoms with Gasteiger partial charge in [0.1, 0.15) is 12.1 Å². The van der Waals surface area contributed by atoms with Crippen LogP contribution in [0.5, 0.6) is 11.5 Å². The molecule has 0 fully saturated rings. The first kappa shape index (κ1) is 13.9. The zero-order valence-electron chi connectivity index (χ0n) is 10.0. The quantitative estimate of drug-likeness (QED) is 0.765. The molecule has 7 heteroatoms. The maximum atomic E-state index is 10.8. The molecule has 6 nitrogen and oxygen atoms in total. The Labute approximate surface area is 114 Å². The lowest BCUT2D eigenvalue weighted by Gasteiger charge is -2.18. The molecule has 0 spiro atoms. The number of fused-ring (bicyclic) bond motifs is 1. The first-order valence-corrected chi connectivity index (χ1v) is 6.14. The Bertz CT molecular complexity index is 493. The first-order valence-electron chi connectivity index (χ1n) is 5.76. The van der Waals surface area contributed by atoms with Gasteiger partial charge in [0.25, 0.3) is 0 Å². The molecule has 2 atom stereocenters. The first-order chi connectivity index (χ1) is 9.00. The topological polar surface area (TPSA) is 102 Å². The van der Waals surface area contributed by atoms with E-state index in [1.807, 2.05) is 0 Å². The number of halogens is 1. The standard InChI is InChI=1S/C12H14ClNO5/c13-7-4-6(10(15)9(14)12(16)17)5-8-11(7)19-3-1-2-18-8/h4-5,9-10,15H,1-3,14H2,(H,16,17). The third kappa shape index (κ3) is 2.91. The maximum absolute atomic E-state index is 10.8. The highest BCUT2D eigenvalue weighted by Gasteiger charge is 2.26. The summed E-state index contributed by atoms with van der Waals surface area (Å²) in [7, 11) is 0. The molecule has 104 valence electrons. The van der Waals surface area contributed by atoms with Crippen LogP contribution in [0.3, 0.4) is 0 Å². The molecule has 0 amide bonds. The summed E-state index contributed by atoms with van der Waals surface area (Å²) in [6.45, 7) is 0.955. The van der Waals surface area contributed by atoms with Gasteiger partial charge >= 0.3 is 5.97 Å². The number of benzene rings is 1. The van der Waals surface area contributed by atoms with E-state index in [4.69, 9.17) is 31.9 Å². The number of rotatable bonds is 3. The van der Waals surface area contributed by atoms with Gasteiger partial charge in [-0.1, -0.05) is 11.6 Å². The van der Waals surface area contributed by atoms with Gasteiger partial charge in [-0.3, -0.25) is 4.79 Å². The molecule has 1 aromatic carbocycles. The highest BCUT2D eigenvalue weighted by molar-refractivity contribution is 6.32. The molecule has 4 N–H and O–H groups in total. The van der Waals surface area contributed by atoms with E-state index in [2.05, 4.69) is 0 Å². The van der Waals surface area contributed by atoms with Crippen molar-refractivity contribution >= 4 is 17.6 Å². The Morgan fingerprint density at radius 3 is 2.74 bits per heavy atom. The van der Waals surface area contributed by atoms with Gasteiger partial charge in [0.2, 0.25) is 0 Å². The van der Waals surface area contributed by atoms with Crippen molar-refractivity contribution in [1.29, 1.82) is 0 Å². The fourth-order valence-electron chi connectivity index (χ4n) is 1.76. The molecular formula is C12H14ClNO5. The number of carbonyl (C=O) groups is 1. The molecular weight excluding hydrogens is 274 g/mol. The van der Waals surface area contributed by atoms with Crippen molar-refractivity contribution in [2.75, 3.05) is 13.2 Å². The predicted octanol–water partition coefficient (Wildman–Crippen LogP) is 0.947. The summed E-state index contributed by atoms with van der Waals surface area (Å²) in [6, 6.07) is 1.50. The molecule has 1 heterocycles. The Kier molecular flexibility index (Phi) is 4.14. The Morgan fingerprint density at radius 2 is 2.05 bits per heavy atom. The van der Waals surface area contributed by atoms with E-state index < -0.39 is 18.1 Å². The van der Waals surface area contributed by atoms with E-state index in [-0.39, 0.29) is 10.6 Å². The molecule has 0 bridgehead atoms. The monoisotopic (exact) mass is 287 g/mol. The number of hydrogen-bond acceptors (Lipinski definition) is 5. The van der Waals surface area contributed by atoms with Gasteiger partial charge < -0.3 is 25.4 Å². The van der Waals surface area contributed by atoms with E-state index in [0.29, 0.717) is 24.7 Å². The fraction of sp³-hybridized carbons (Fsp3) is 0.417. The number of hydrogen-bond donors (Lipinski definition) is 3. The van der Waals surface area contributed by atoms with Gasteiger partial charge in [-0.05, 0) is 17.7 Å². The van der Waals surface area contributed by atoms with Gasteiger partial charge in [-0.25, -0.2) is 0 Å². The minimum Gasteiger partial charge on any atom is -0.489 e. The lowest BCUT2D eigenvalue weighted by molar-refractivity contribution is -0.141. The van der Waals surface area contributed by atoms with E-state index in [0.717, 1.165) is 6.42 Å². The van der Waals surface area contributed by atoms with Crippen LogP contribution >= 0.6 is 11.6 Å². The molecule has 0 aromatic heterocycles. The molecule has 0 aliphatic carbocycles. The average Bonchev–Trinajstić information content (AvgIpc) is 2.62. The van der Waals surface area contributed by atoms with Crippen LogP contribution in [0, 0.1) is 0 Å². The summed E-state index contributed by atoms with van der Waals surface area (Å²) < 4.78 is 10.9. The second-order valence-corrected chi connectivity index (χ2v) is 4.60. The zero-order valence-corrected chi connectivity index (χ0v) is 10.8. The largest absolute Gasteiger partial charge is 0.489 e. The van der Waals surface area contributed by atoms with Gasteiger partial charge in [0, 0.05) is 6.42 Å². The maximum Gasteiger partial charge on any atom is 0.323 e. The van der Waals surface area contributed by atoms with E-state index >= 15 is 0 Å². The fourth-order valence-corrected chi connectivity index (χ4v) is 2.04. The molecule has 1 aromatic rings. The molecule has 1 aliphatic rings. The number of nitrogens with two attached hydrogens (primary N) is 1. The highest BCUT2D eigenvalue weighted by Crippen LogP contribution is 2.39. The van der Waals surface area contributed by atoms with E-state index in [1.165, 1.54) is 12.1 Å². The Balaban J connectivity index is 2.35. The van der Waals surface area contributed by atoms with Crippen LogP contribution in [0.25, 0.3) is 0 Å². The van der Waals surface area contributed by atoms with Crippen molar-refractivity contribution in [2.45, 2.75) is 18.6 Å². The van der Waals surface area contributed by atoms with Crippen LogP contribution in [0.15, 0.2) is 12.1 Å². The van der Waals surface area contributed by atoms with Crippen molar-refractivity contribution in [3.05, 3.63) is 22.7 Å². The van der Waals surface area contributed by atoms with E-state index in [9.17, 15) is 9.90 Å². The molecule has 2 rings (SSSR count). The molecule has 1 aliphatic heterocycles. The summed E-state index contributed by atoms with van der Waals surface area (Å²) in [5.41, 5.74) is 5.67. The average molecular weight is 288 g/mol. The minimum atomic E-state index is -1.43. The summed E-state index contributed by atoms with van der Waals surface area (Å²) in [5, 5.41) is 18.9. The van der Waals surface area contributed by atoms with Crippen LogP contribution in [0.1, 0.15) is 18.1 Å². The zero-order chi connectivity index (χ0) is 14.0. The second-order valence-electron chi connectivity index (χ2n) is 4.19. The lowest BCUT2D eigenvalue weighted by Crippen LogP contribution is -2.36. The Morgan fingerprint density at radius 1 is 1.37 bits per heavy atom. The third-order valence-corrected chi connectivity index (χ3v) is 3.07. The second kappa shape index (κ2) is 5.64. The van der Waals surface area contributed by atoms with Crippen molar-refractivity contribution in [1.82, 2.24) is 0 Å². The molecule has 0 radical (unpaired) electrons. The summed E-state index contributed by atoms with van der Waals surface area (Å²) in [6.07, 6.45) is -0.649. The lowest BCUT2D eigenvalue weighted by atomic mass is 10.0.